The highest BCUT2D eigenvalue weighted by atomic mass is 16.5. The van der Waals surface area contributed by atoms with Gasteiger partial charge in [-0.1, -0.05) is 0 Å². The standard InChI is InChI=1S/C17H24N4O3/c1-16(23)10-17(24-9-13(16)22)4-7-21(8-5-17)15-12-3-6-20(2)14(12)18-11-19-15/h3,6,11,13,22-23H,4-5,7-10H2,1-2H3/t13-,16-/m0/s1. The molecular formula is C17H24N4O3. The van der Waals surface area contributed by atoms with Crippen molar-refractivity contribution in [3.05, 3.63) is 18.6 Å². The first-order chi connectivity index (χ1) is 11.4. The van der Waals surface area contributed by atoms with Crippen molar-refractivity contribution in [3.63, 3.8) is 0 Å². The van der Waals surface area contributed by atoms with Crippen molar-refractivity contribution < 1.29 is 14.9 Å². The Morgan fingerprint density at radius 3 is 2.75 bits per heavy atom. The summed E-state index contributed by atoms with van der Waals surface area (Å²) >= 11 is 0. The first-order valence-electron chi connectivity index (χ1n) is 8.46. The van der Waals surface area contributed by atoms with Gasteiger partial charge >= 0.3 is 0 Å². The van der Waals surface area contributed by atoms with E-state index < -0.39 is 11.7 Å². The van der Waals surface area contributed by atoms with Crippen LogP contribution < -0.4 is 4.90 Å². The van der Waals surface area contributed by atoms with Crippen molar-refractivity contribution in [1.29, 1.82) is 0 Å². The third kappa shape index (κ3) is 2.47. The molecule has 2 aliphatic heterocycles. The lowest BCUT2D eigenvalue weighted by Crippen LogP contribution is -2.59. The van der Waals surface area contributed by atoms with E-state index in [1.165, 1.54) is 0 Å². The molecule has 24 heavy (non-hydrogen) atoms. The smallest absolute Gasteiger partial charge is 0.145 e. The van der Waals surface area contributed by atoms with Gasteiger partial charge in [0.05, 0.1) is 23.2 Å². The topological polar surface area (TPSA) is 83.6 Å². The normalized spacial score (nSPS) is 30.2. The first-order valence-corrected chi connectivity index (χ1v) is 8.46. The summed E-state index contributed by atoms with van der Waals surface area (Å²) in [7, 11) is 1.98. The van der Waals surface area contributed by atoms with E-state index in [0.717, 1.165) is 42.8 Å². The molecule has 0 aliphatic carbocycles. The van der Waals surface area contributed by atoms with Crippen LogP contribution in [0.3, 0.4) is 0 Å². The van der Waals surface area contributed by atoms with Crippen LogP contribution in [-0.4, -0.2) is 61.8 Å². The lowest BCUT2D eigenvalue weighted by atomic mass is 9.76. The monoisotopic (exact) mass is 332 g/mol. The van der Waals surface area contributed by atoms with E-state index in [4.69, 9.17) is 4.74 Å². The molecule has 130 valence electrons. The maximum atomic E-state index is 10.4. The van der Waals surface area contributed by atoms with Crippen LogP contribution in [0.1, 0.15) is 26.2 Å². The fourth-order valence-electron chi connectivity index (χ4n) is 4.02. The lowest BCUT2D eigenvalue weighted by Gasteiger charge is -2.50. The number of piperidine rings is 1. The third-order valence-corrected chi connectivity index (χ3v) is 5.56. The molecular weight excluding hydrogens is 308 g/mol. The molecule has 7 nitrogen and oxygen atoms in total. The average molecular weight is 332 g/mol. The number of hydrogen-bond acceptors (Lipinski definition) is 6. The molecule has 2 aromatic rings. The largest absolute Gasteiger partial charge is 0.388 e. The number of nitrogens with zero attached hydrogens (tertiary/aromatic N) is 4. The first kappa shape index (κ1) is 15.8. The van der Waals surface area contributed by atoms with Crippen molar-refractivity contribution in [2.24, 2.45) is 7.05 Å². The fourth-order valence-corrected chi connectivity index (χ4v) is 4.02. The van der Waals surface area contributed by atoms with Gasteiger partial charge in [-0.25, -0.2) is 9.97 Å². The van der Waals surface area contributed by atoms with E-state index in [1.54, 1.807) is 13.3 Å². The number of aliphatic hydroxyl groups is 2. The Bertz CT molecular complexity index is 749. The predicted octanol–water partition coefficient (Wildman–Crippen LogP) is 0.839. The number of fused-ring (bicyclic) bond motifs is 1. The quantitative estimate of drug-likeness (QED) is 0.805. The number of hydrogen-bond donors (Lipinski definition) is 2. The molecule has 4 rings (SSSR count). The molecule has 2 atom stereocenters. The average Bonchev–Trinajstić information content (AvgIpc) is 2.94. The molecule has 2 aliphatic rings. The minimum Gasteiger partial charge on any atom is -0.388 e. The molecule has 1 spiro atoms. The number of rotatable bonds is 1. The Labute approximate surface area is 140 Å². The second-order valence-corrected chi connectivity index (χ2v) is 7.39. The number of anilines is 1. The number of ether oxygens (including phenoxy) is 1. The summed E-state index contributed by atoms with van der Waals surface area (Å²) < 4.78 is 7.95. The number of aryl methyl sites for hydroxylation is 1. The molecule has 0 radical (unpaired) electrons. The van der Waals surface area contributed by atoms with Gasteiger partial charge in [0, 0.05) is 32.8 Å². The Kier molecular flexibility index (Phi) is 3.56. The summed E-state index contributed by atoms with van der Waals surface area (Å²) in [5.41, 5.74) is -0.496. The van der Waals surface area contributed by atoms with Crippen LogP contribution in [0, 0.1) is 0 Å². The molecule has 0 unspecified atom stereocenters. The molecule has 0 bridgehead atoms. The van der Waals surface area contributed by atoms with E-state index in [1.807, 2.05) is 23.9 Å². The zero-order valence-electron chi connectivity index (χ0n) is 14.1. The minimum atomic E-state index is -1.08. The molecule has 0 amide bonds. The van der Waals surface area contributed by atoms with Crippen LogP contribution in [0.4, 0.5) is 5.82 Å². The highest BCUT2D eigenvalue weighted by molar-refractivity contribution is 5.87. The van der Waals surface area contributed by atoms with Gasteiger partial charge in [-0.2, -0.15) is 0 Å². The van der Waals surface area contributed by atoms with Crippen molar-refractivity contribution in [2.45, 2.75) is 43.5 Å². The Morgan fingerprint density at radius 1 is 1.29 bits per heavy atom. The Morgan fingerprint density at radius 2 is 2.04 bits per heavy atom. The Balaban J connectivity index is 1.54. The molecule has 2 saturated heterocycles. The molecule has 0 saturated carbocycles. The van der Waals surface area contributed by atoms with Gasteiger partial charge in [0.15, 0.2) is 0 Å². The summed E-state index contributed by atoms with van der Waals surface area (Å²) in [5.74, 6) is 0.957. The fraction of sp³-hybridized carbons (Fsp3) is 0.647. The number of aliphatic hydroxyl groups excluding tert-OH is 1. The molecule has 2 aromatic heterocycles. The summed E-state index contributed by atoms with van der Waals surface area (Å²) in [6.07, 6.45) is 4.89. The summed E-state index contributed by atoms with van der Waals surface area (Å²) in [4.78, 5) is 11.1. The molecule has 7 heteroatoms. The highest BCUT2D eigenvalue weighted by Crippen LogP contribution is 2.40. The van der Waals surface area contributed by atoms with Crippen molar-refractivity contribution >= 4 is 16.9 Å². The van der Waals surface area contributed by atoms with Gasteiger partial charge < -0.3 is 24.4 Å². The van der Waals surface area contributed by atoms with E-state index in [-0.39, 0.29) is 12.2 Å². The van der Waals surface area contributed by atoms with Crippen LogP contribution >= 0.6 is 0 Å². The molecule has 4 heterocycles. The van der Waals surface area contributed by atoms with Gasteiger partial charge in [0.1, 0.15) is 23.9 Å². The lowest BCUT2D eigenvalue weighted by molar-refractivity contribution is -0.216. The highest BCUT2D eigenvalue weighted by Gasteiger charge is 2.48. The Hall–Kier alpha value is -1.70. The van der Waals surface area contributed by atoms with Gasteiger partial charge in [-0.3, -0.25) is 0 Å². The maximum absolute atomic E-state index is 10.4. The summed E-state index contributed by atoms with van der Waals surface area (Å²) in [6.45, 7) is 3.52. The van der Waals surface area contributed by atoms with Crippen LogP contribution in [0.2, 0.25) is 0 Å². The van der Waals surface area contributed by atoms with Crippen molar-refractivity contribution in [3.8, 4) is 0 Å². The van der Waals surface area contributed by atoms with Gasteiger partial charge in [-0.05, 0) is 25.8 Å². The SMILES string of the molecule is Cn1ccc2c(N3CCC4(CC3)C[C@](C)(O)[C@@H](O)CO4)ncnc21. The predicted molar refractivity (Wildman–Crippen MR) is 89.9 cm³/mol. The third-order valence-electron chi connectivity index (χ3n) is 5.56. The molecule has 0 aromatic carbocycles. The van der Waals surface area contributed by atoms with Crippen molar-refractivity contribution in [1.82, 2.24) is 14.5 Å². The zero-order chi connectivity index (χ0) is 16.9. The summed E-state index contributed by atoms with van der Waals surface area (Å²) in [5, 5.41) is 21.4. The van der Waals surface area contributed by atoms with E-state index in [0.29, 0.717) is 6.42 Å². The van der Waals surface area contributed by atoms with E-state index in [9.17, 15) is 10.2 Å². The molecule has 2 N–H and O–H groups in total. The molecule has 2 fully saturated rings. The zero-order valence-corrected chi connectivity index (χ0v) is 14.1. The van der Waals surface area contributed by atoms with Crippen LogP contribution in [0.5, 0.6) is 0 Å². The van der Waals surface area contributed by atoms with E-state index in [2.05, 4.69) is 14.9 Å². The second-order valence-electron chi connectivity index (χ2n) is 7.39. The van der Waals surface area contributed by atoms with Gasteiger partial charge in [-0.15, -0.1) is 0 Å². The van der Waals surface area contributed by atoms with Gasteiger partial charge in [0.25, 0.3) is 0 Å². The van der Waals surface area contributed by atoms with Crippen LogP contribution in [0.15, 0.2) is 18.6 Å². The van der Waals surface area contributed by atoms with E-state index >= 15 is 0 Å². The minimum absolute atomic E-state index is 0.198. The second kappa shape index (κ2) is 5.40. The van der Waals surface area contributed by atoms with Crippen LogP contribution in [0.25, 0.3) is 11.0 Å². The summed E-state index contributed by atoms with van der Waals surface area (Å²) in [6, 6.07) is 2.05. The van der Waals surface area contributed by atoms with Gasteiger partial charge in [0.2, 0.25) is 0 Å². The van der Waals surface area contributed by atoms with Crippen LogP contribution in [-0.2, 0) is 11.8 Å². The number of aromatic nitrogens is 3. The van der Waals surface area contributed by atoms with Crippen molar-refractivity contribution in [2.75, 3.05) is 24.6 Å². The maximum Gasteiger partial charge on any atom is 0.145 e.